The third-order valence-corrected chi connectivity index (χ3v) is 5.04. The minimum absolute atomic E-state index is 0. The number of hydrogen-bond donors (Lipinski definition) is 2. The van der Waals surface area contributed by atoms with Gasteiger partial charge in [-0.2, -0.15) is 11.8 Å². The van der Waals surface area contributed by atoms with E-state index in [4.69, 9.17) is 10.7 Å². The molecular weight excluding hydrogens is 411 g/mol. The fraction of sp³-hybridized carbons (Fsp3) is 0.867. The number of carbonyl (C=O) groups is 1. The molecule has 1 rings (SSSR count). The van der Waals surface area contributed by atoms with E-state index in [9.17, 15) is 4.79 Å². The summed E-state index contributed by atoms with van der Waals surface area (Å²) in [6, 6.07) is 0. The number of aliphatic imine (C=N–C) groups is 1. The summed E-state index contributed by atoms with van der Waals surface area (Å²) in [4.78, 5) is 18.2. The summed E-state index contributed by atoms with van der Waals surface area (Å²) in [5.41, 5.74) is 5.33. The number of guanidine groups is 1. The Balaban J connectivity index is 0.00000441. The molecule has 0 saturated carbocycles. The van der Waals surface area contributed by atoms with Crippen LogP contribution in [-0.4, -0.2) is 53.9 Å². The molecule has 1 amide bonds. The van der Waals surface area contributed by atoms with Crippen molar-refractivity contribution < 1.29 is 4.79 Å². The van der Waals surface area contributed by atoms with Gasteiger partial charge in [-0.15, -0.1) is 24.0 Å². The van der Waals surface area contributed by atoms with E-state index in [1.54, 1.807) is 0 Å². The lowest BCUT2D eigenvalue weighted by molar-refractivity contribution is -0.119. The maximum atomic E-state index is 11.1. The van der Waals surface area contributed by atoms with Gasteiger partial charge in [0.25, 0.3) is 0 Å². The Morgan fingerprint density at radius 2 is 2.18 bits per heavy atom. The Bertz CT molecular complexity index is 377. The molecule has 0 aromatic carbocycles. The third-order valence-electron chi connectivity index (χ3n) is 3.81. The van der Waals surface area contributed by atoms with Crippen LogP contribution in [0.5, 0.6) is 0 Å². The van der Waals surface area contributed by atoms with E-state index in [2.05, 4.69) is 37.2 Å². The van der Waals surface area contributed by atoms with Crippen LogP contribution in [0.4, 0.5) is 0 Å². The van der Waals surface area contributed by atoms with Crippen LogP contribution in [0, 0.1) is 5.92 Å². The Morgan fingerprint density at radius 1 is 1.50 bits per heavy atom. The Labute approximate surface area is 156 Å². The number of thioether (sulfide) groups is 1. The fourth-order valence-corrected chi connectivity index (χ4v) is 2.66. The summed E-state index contributed by atoms with van der Waals surface area (Å²) in [5.74, 6) is 1.12. The highest BCUT2D eigenvalue weighted by Gasteiger charge is 2.24. The van der Waals surface area contributed by atoms with Crippen molar-refractivity contribution in [2.45, 2.75) is 44.8 Å². The largest absolute Gasteiger partial charge is 0.370 e. The molecule has 1 atom stereocenters. The van der Waals surface area contributed by atoms with Crippen LogP contribution in [0.25, 0.3) is 0 Å². The molecule has 1 aliphatic heterocycles. The quantitative estimate of drug-likeness (QED) is 0.376. The molecule has 3 N–H and O–H groups in total. The van der Waals surface area contributed by atoms with Crippen LogP contribution in [0.3, 0.4) is 0 Å². The summed E-state index contributed by atoms with van der Waals surface area (Å²) < 4.78 is 0.142. The molecule has 1 unspecified atom stereocenters. The zero-order chi connectivity index (χ0) is 15.9. The topological polar surface area (TPSA) is 70.7 Å². The maximum absolute atomic E-state index is 11.1. The first-order valence-electron chi connectivity index (χ1n) is 7.74. The van der Waals surface area contributed by atoms with E-state index in [0.29, 0.717) is 12.3 Å². The van der Waals surface area contributed by atoms with E-state index < -0.39 is 0 Å². The molecule has 0 aromatic rings. The first-order chi connectivity index (χ1) is 9.88. The number of nitrogens with one attached hydrogen (secondary N) is 1. The summed E-state index contributed by atoms with van der Waals surface area (Å²) in [7, 11) is 0. The molecule has 0 radical (unpaired) electrons. The highest BCUT2D eigenvalue weighted by molar-refractivity contribution is 14.0. The van der Waals surface area contributed by atoms with Gasteiger partial charge in [0.15, 0.2) is 5.96 Å². The van der Waals surface area contributed by atoms with Crippen molar-refractivity contribution in [2.24, 2.45) is 16.6 Å². The normalized spacial score (nSPS) is 19.5. The maximum Gasteiger partial charge on any atom is 0.217 e. The molecule has 0 aromatic heterocycles. The molecule has 1 heterocycles. The number of nitrogens with zero attached hydrogens (tertiary/aromatic N) is 2. The van der Waals surface area contributed by atoms with Gasteiger partial charge in [-0.05, 0) is 45.8 Å². The van der Waals surface area contributed by atoms with Crippen LogP contribution in [0.2, 0.25) is 0 Å². The first kappa shape index (κ1) is 21.8. The van der Waals surface area contributed by atoms with Crippen molar-refractivity contribution in [3.63, 3.8) is 0 Å². The van der Waals surface area contributed by atoms with Crippen molar-refractivity contribution in [1.29, 1.82) is 0 Å². The highest BCUT2D eigenvalue weighted by atomic mass is 127. The molecule has 1 fully saturated rings. The van der Waals surface area contributed by atoms with Crippen LogP contribution in [0.15, 0.2) is 4.99 Å². The van der Waals surface area contributed by atoms with Gasteiger partial charge in [0.1, 0.15) is 0 Å². The molecule has 22 heavy (non-hydrogen) atoms. The lowest BCUT2D eigenvalue weighted by Gasteiger charge is -2.35. The SMILES string of the molecule is CCNC(=NCC(C)(C)SC)N1CCCC(CC(N)=O)C1.I. The molecule has 7 heteroatoms. The van der Waals surface area contributed by atoms with Gasteiger partial charge in [0, 0.05) is 30.8 Å². The van der Waals surface area contributed by atoms with Crippen LogP contribution < -0.4 is 11.1 Å². The lowest BCUT2D eigenvalue weighted by Crippen LogP contribution is -2.47. The number of rotatable bonds is 6. The van der Waals surface area contributed by atoms with E-state index >= 15 is 0 Å². The third kappa shape index (κ3) is 7.89. The second-order valence-electron chi connectivity index (χ2n) is 6.26. The van der Waals surface area contributed by atoms with E-state index in [1.165, 1.54) is 0 Å². The summed E-state index contributed by atoms with van der Waals surface area (Å²) in [6.07, 6.45) is 4.77. The number of halogens is 1. The van der Waals surface area contributed by atoms with Crippen molar-refractivity contribution in [2.75, 3.05) is 32.4 Å². The zero-order valence-corrected chi connectivity index (χ0v) is 17.4. The molecule has 1 aliphatic rings. The minimum atomic E-state index is -0.202. The number of hydrogen-bond acceptors (Lipinski definition) is 3. The Hall–Kier alpha value is -0.180. The van der Waals surface area contributed by atoms with Crippen LogP contribution >= 0.6 is 35.7 Å². The Kier molecular flexibility index (Phi) is 10.5. The standard InChI is InChI=1S/C15H30N4OS.HI/c1-5-17-14(18-11-15(2,3)21-4)19-8-6-7-12(10-19)9-13(16)20;/h12H,5-11H2,1-4H3,(H2,16,20)(H,17,18);1H. The van der Waals surface area contributed by atoms with E-state index in [0.717, 1.165) is 45.0 Å². The van der Waals surface area contributed by atoms with Gasteiger partial charge in [0.2, 0.25) is 5.91 Å². The number of nitrogens with two attached hydrogens (primary N) is 1. The van der Waals surface area contributed by atoms with Gasteiger partial charge in [-0.25, -0.2) is 0 Å². The van der Waals surface area contributed by atoms with Crippen LogP contribution in [-0.2, 0) is 4.79 Å². The smallest absolute Gasteiger partial charge is 0.217 e. The number of amides is 1. The number of piperidine rings is 1. The number of carbonyl (C=O) groups excluding carboxylic acids is 1. The molecular formula is C15H31IN4OS. The average molecular weight is 442 g/mol. The van der Waals surface area contributed by atoms with Crippen molar-refractivity contribution in [3.05, 3.63) is 0 Å². The van der Waals surface area contributed by atoms with Crippen molar-refractivity contribution >= 4 is 47.6 Å². The van der Waals surface area contributed by atoms with E-state index in [1.807, 2.05) is 11.8 Å². The monoisotopic (exact) mass is 442 g/mol. The molecule has 5 nitrogen and oxygen atoms in total. The van der Waals surface area contributed by atoms with Crippen molar-refractivity contribution in [1.82, 2.24) is 10.2 Å². The average Bonchev–Trinajstić information content (AvgIpc) is 2.43. The van der Waals surface area contributed by atoms with Crippen molar-refractivity contribution in [3.8, 4) is 0 Å². The van der Waals surface area contributed by atoms with Crippen LogP contribution in [0.1, 0.15) is 40.0 Å². The Morgan fingerprint density at radius 3 is 2.73 bits per heavy atom. The second kappa shape index (κ2) is 10.6. The molecule has 130 valence electrons. The number of likely N-dealkylation sites (tertiary alicyclic amines) is 1. The molecule has 0 bridgehead atoms. The lowest BCUT2D eigenvalue weighted by atomic mass is 9.95. The van der Waals surface area contributed by atoms with Gasteiger partial charge in [-0.1, -0.05) is 0 Å². The zero-order valence-electron chi connectivity index (χ0n) is 14.2. The van der Waals surface area contributed by atoms with Gasteiger partial charge >= 0.3 is 0 Å². The summed E-state index contributed by atoms with van der Waals surface area (Å²) in [6.45, 7) is 10.0. The summed E-state index contributed by atoms with van der Waals surface area (Å²) in [5, 5.41) is 3.37. The van der Waals surface area contributed by atoms with Gasteiger partial charge in [0.05, 0.1) is 6.54 Å². The molecule has 1 saturated heterocycles. The molecule has 0 spiro atoms. The number of primary amides is 1. The highest BCUT2D eigenvalue weighted by Crippen LogP contribution is 2.22. The first-order valence-corrected chi connectivity index (χ1v) is 8.97. The predicted molar refractivity (Wildman–Crippen MR) is 107 cm³/mol. The molecule has 0 aliphatic carbocycles. The minimum Gasteiger partial charge on any atom is -0.370 e. The van der Waals surface area contributed by atoms with Gasteiger partial charge < -0.3 is 16.0 Å². The fourth-order valence-electron chi connectivity index (χ4n) is 2.46. The van der Waals surface area contributed by atoms with E-state index in [-0.39, 0.29) is 34.6 Å². The second-order valence-corrected chi connectivity index (χ2v) is 7.77. The summed E-state index contributed by atoms with van der Waals surface area (Å²) >= 11 is 1.83. The predicted octanol–water partition coefficient (Wildman–Crippen LogP) is 2.30. The van der Waals surface area contributed by atoms with Gasteiger partial charge in [-0.3, -0.25) is 9.79 Å².